The molecule has 4 aromatic carbocycles. The van der Waals surface area contributed by atoms with Crippen molar-refractivity contribution in [3.05, 3.63) is 87.9 Å². The number of aromatic nitrogens is 1. The average Bonchev–Trinajstić information content (AvgIpc) is 3.22. The van der Waals surface area contributed by atoms with E-state index >= 15 is 0 Å². The summed E-state index contributed by atoms with van der Waals surface area (Å²) < 4.78 is 6.67. The van der Waals surface area contributed by atoms with Gasteiger partial charge in [-0.15, -0.1) is 0 Å². The van der Waals surface area contributed by atoms with Crippen molar-refractivity contribution >= 4 is 49.7 Å². The zero-order valence-corrected chi connectivity index (χ0v) is 18.6. The number of nitrogens with zero attached hydrogens (tertiary/aromatic N) is 2. The minimum atomic E-state index is 0.188. The summed E-state index contributed by atoms with van der Waals surface area (Å²) in [6, 6.07) is 21.9. The number of phenols is 1. The molecule has 152 valence electrons. The third-order valence-electron chi connectivity index (χ3n) is 5.49. The number of halogens is 1. The first kappa shape index (κ1) is 19.5. The normalized spacial score (nSPS) is 11.7. The Morgan fingerprint density at radius 3 is 2.61 bits per heavy atom. The maximum absolute atomic E-state index is 10.4. The third kappa shape index (κ3) is 3.62. The highest BCUT2D eigenvalue weighted by molar-refractivity contribution is 9.10. The van der Waals surface area contributed by atoms with Gasteiger partial charge in [0, 0.05) is 17.3 Å². The Bertz CT molecular complexity index is 1480. The number of aliphatic imine (C=N–C) groups is 1. The summed E-state index contributed by atoms with van der Waals surface area (Å²) in [6.07, 6.45) is 1.66. The largest absolute Gasteiger partial charge is 0.506 e. The van der Waals surface area contributed by atoms with Crippen LogP contribution >= 0.6 is 15.9 Å². The van der Waals surface area contributed by atoms with E-state index in [4.69, 9.17) is 4.42 Å². The number of aromatic hydroxyl groups is 1. The van der Waals surface area contributed by atoms with Crippen molar-refractivity contribution in [3.63, 3.8) is 0 Å². The zero-order valence-electron chi connectivity index (χ0n) is 17.1. The van der Waals surface area contributed by atoms with Crippen LogP contribution < -0.4 is 0 Å². The summed E-state index contributed by atoms with van der Waals surface area (Å²) in [5.74, 6) is 0.769. The first-order valence-corrected chi connectivity index (χ1v) is 10.7. The van der Waals surface area contributed by atoms with Gasteiger partial charge in [-0.2, -0.15) is 0 Å². The second-order valence-corrected chi connectivity index (χ2v) is 8.35. The molecule has 5 aromatic rings. The van der Waals surface area contributed by atoms with E-state index in [2.05, 4.69) is 50.2 Å². The van der Waals surface area contributed by atoms with Crippen LogP contribution in [-0.4, -0.2) is 16.3 Å². The highest BCUT2D eigenvalue weighted by atomic mass is 79.9. The molecule has 4 nitrogen and oxygen atoms in total. The van der Waals surface area contributed by atoms with Gasteiger partial charge >= 0.3 is 0 Å². The standard InChI is InChI=1S/C26H19BrN2O2/c1-15-11-20(25(30)24(27)16(15)2)14-28-21-9-10-23-22(13-21)29-26(31-23)19-8-7-17-5-3-4-6-18(17)12-19/h3-14,30H,1-2H3. The first-order chi connectivity index (χ1) is 15.0. The van der Waals surface area contributed by atoms with Crippen LogP contribution in [0.3, 0.4) is 0 Å². The van der Waals surface area contributed by atoms with Gasteiger partial charge in [0.15, 0.2) is 5.58 Å². The molecule has 0 aliphatic rings. The lowest BCUT2D eigenvalue weighted by Crippen LogP contribution is -1.90. The fourth-order valence-corrected chi connectivity index (χ4v) is 4.11. The predicted molar refractivity (Wildman–Crippen MR) is 129 cm³/mol. The van der Waals surface area contributed by atoms with Crippen molar-refractivity contribution < 1.29 is 9.52 Å². The van der Waals surface area contributed by atoms with Crippen LogP contribution in [-0.2, 0) is 0 Å². The van der Waals surface area contributed by atoms with Crippen LogP contribution in [0.4, 0.5) is 5.69 Å². The Labute approximate surface area is 188 Å². The maximum Gasteiger partial charge on any atom is 0.227 e. The fraction of sp³-hybridized carbons (Fsp3) is 0.0769. The Kier molecular flexibility index (Phi) is 4.83. The lowest BCUT2D eigenvalue weighted by atomic mass is 10.1. The van der Waals surface area contributed by atoms with Crippen LogP contribution in [0.2, 0.25) is 0 Å². The minimum Gasteiger partial charge on any atom is -0.506 e. The minimum absolute atomic E-state index is 0.188. The summed E-state index contributed by atoms with van der Waals surface area (Å²) in [4.78, 5) is 9.20. The van der Waals surface area contributed by atoms with Gasteiger partial charge in [-0.3, -0.25) is 4.99 Å². The smallest absolute Gasteiger partial charge is 0.227 e. The van der Waals surface area contributed by atoms with Gasteiger partial charge in [0.1, 0.15) is 11.3 Å². The summed E-state index contributed by atoms with van der Waals surface area (Å²) in [6.45, 7) is 3.97. The lowest BCUT2D eigenvalue weighted by molar-refractivity contribution is 0.470. The predicted octanol–water partition coefficient (Wildman–Crippen LogP) is 7.48. The van der Waals surface area contributed by atoms with Crippen LogP contribution in [0.1, 0.15) is 16.7 Å². The SMILES string of the molecule is Cc1cc(C=Nc2ccc3oc(-c4ccc5ccccc5c4)nc3c2)c(O)c(Br)c1C. The molecule has 0 aliphatic heterocycles. The van der Waals surface area contributed by atoms with Gasteiger partial charge in [-0.1, -0.05) is 30.3 Å². The summed E-state index contributed by atoms with van der Waals surface area (Å²) >= 11 is 3.45. The van der Waals surface area contributed by atoms with Gasteiger partial charge in [0.2, 0.25) is 5.89 Å². The molecule has 0 radical (unpaired) electrons. The number of aryl methyl sites for hydroxylation is 1. The molecule has 0 spiro atoms. The van der Waals surface area contributed by atoms with Crippen molar-refractivity contribution in [1.29, 1.82) is 0 Å². The van der Waals surface area contributed by atoms with E-state index in [1.165, 1.54) is 5.39 Å². The third-order valence-corrected chi connectivity index (χ3v) is 6.46. The molecule has 0 atom stereocenters. The van der Waals surface area contributed by atoms with Crippen molar-refractivity contribution in [2.45, 2.75) is 13.8 Å². The number of rotatable bonds is 3. The number of phenolic OH excluding ortho intramolecular Hbond substituents is 1. The van der Waals surface area contributed by atoms with Gasteiger partial charge in [0.05, 0.1) is 10.2 Å². The quantitative estimate of drug-likeness (QED) is 0.278. The van der Waals surface area contributed by atoms with Crippen molar-refractivity contribution in [2.75, 3.05) is 0 Å². The molecule has 31 heavy (non-hydrogen) atoms. The average molecular weight is 471 g/mol. The molecule has 1 aromatic heterocycles. The van der Waals surface area contributed by atoms with Crippen LogP contribution in [0, 0.1) is 13.8 Å². The van der Waals surface area contributed by atoms with Gasteiger partial charge in [-0.05, 0) is 88.1 Å². The van der Waals surface area contributed by atoms with Gasteiger partial charge in [-0.25, -0.2) is 4.98 Å². The maximum atomic E-state index is 10.4. The van der Waals surface area contributed by atoms with E-state index in [-0.39, 0.29) is 5.75 Å². The Morgan fingerprint density at radius 1 is 0.968 bits per heavy atom. The molecule has 0 amide bonds. The molecule has 0 saturated heterocycles. The molecular formula is C26H19BrN2O2. The molecule has 1 heterocycles. The van der Waals surface area contributed by atoms with Crippen LogP contribution in [0.25, 0.3) is 33.3 Å². The monoisotopic (exact) mass is 470 g/mol. The summed E-state index contributed by atoms with van der Waals surface area (Å²) in [7, 11) is 0. The number of hydrogen-bond acceptors (Lipinski definition) is 4. The number of hydrogen-bond donors (Lipinski definition) is 1. The van der Waals surface area contributed by atoms with Crippen molar-refractivity contribution in [2.24, 2.45) is 4.99 Å². The van der Waals surface area contributed by atoms with Crippen molar-refractivity contribution in [3.8, 4) is 17.2 Å². The van der Waals surface area contributed by atoms with Gasteiger partial charge < -0.3 is 9.52 Å². The second-order valence-electron chi connectivity index (χ2n) is 7.56. The molecule has 0 bridgehead atoms. The van der Waals surface area contributed by atoms with E-state index in [1.54, 1.807) is 6.21 Å². The summed E-state index contributed by atoms with van der Waals surface area (Å²) in [5.41, 5.74) is 5.87. The highest BCUT2D eigenvalue weighted by Crippen LogP contribution is 2.33. The first-order valence-electron chi connectivity index (χ1n) is 9.92. The Balaban J connectivity index is 1.49. The molecule has 0 fully saturated rings. The zero-order chi connectivity index (χ0) is 21.5. The van der Waals surface area contributed by atoms with Crippen LogP contribution in [0.15, 0.2) is 80.6 Å². The molecule has 0 aliphatic carbocycles. The topological polar surface area (TPSA) is 58.6 Å². The molecule has 5 heteroatoms. The van der Waals surface area contributed by atoms with E-state index in [1.807, 2.05) is 56.3 Å². The Morgan fingerprint density at radius 2 is 1.77 bits per heavy atom. The highest BCUT2D eigenvalue weighted by Gasteiger charge is 2.11. The summed E-state index contributed by atoms with van der Waals surface area (Å²) in [5, 5.41) is 12.7. The van der Waals surface area contributed by atoms with Crippen LogP contribution in [0.5, 0.6) is 5.75 Å². The number of fused-ring (bicyclic) bond motifs is 2. The van der Waals surface area contributed by atoms with E-state index in [9.17, 15) is 5.11 Å². The fourth-order valence-electron chi connectivity index (χ4n) is 3.57. The van der Waals surface area contributed by atoms with Crippen molar-refractivity contribution in [1.82, 2.24) is 4.98 Å². The molecule has 5 rings (SSSR count). The molecule has 0 saturated carbocycles. The number of oxazole rings is 1. The van der Waals surface area contributed by atoms with E-state index in [0.29, 0.717) is 21.5 Å². The van der Waals surface area contributed by atoms with Gasteiger partial charge in [0.25, 0.3) is 0 Å². The molecule has 0 unspecified atom stereocenters. The second kappa shape index (κ2) is 7.67. The molecule has 1 N–H and O–H groups in total. The Hall–Kier alpha value is -3.44. The van der Waals surface area contributed by atoms with E-state index in [0.717, 1.165) is 33.3 Å². The lowest BCUT2D eigenvalue weighted by Gasteiger charge is -2.08. The molecular weight excluding hydrogens is 452 g/mol. The number of benzene rings is 4. The van der Waals surface area contributed by atoms with E-state index < -0.39 is 0 Å².